The van der Waals surface area contributed by atoms with Crippen molar-refractivity contribution in [3.05, 3.63) is 154 Å². The van der Waals surface area contributed by atoms with E-state index in [0.29, 0.717) is 11.1 Å². The van der Waals surface area contributed by atoms with E-state index < -0.39 is 0 Å². The molecule has 0 amide bonds. The Bertz CT molecular complexity index is 1250. The van der Waals surface area contributed by atoms with E-state index in [1.807, 2.05) is 84.9 Å². The van der Waals surface area contributed by atoms with Gasteiger partial charge in [0.15, 0.2) is 5.78 Å². The van der Waals surface area contributed by atoms with Gasteiger partial charge in [0, 0.05) is 33.4 Å². The van der Waals surface area contributed by atoms with Crippen LogP contribution in [0.15, 0.2) is 121 Å². The van der Waals surface area contributed by atoms with Gasteiger partial charge in [-0.2, -0.15) is 0 Å². The van der Waals surface area contributed by atoms with Gasteiger partial charge >= 0.3 is 0 Å². The smallest absolute Gasteiger partial charge is 0.194 e. The van der Waals surface area contributed by atoms with E-state index in [4.69, 9.17) is 0 Å². The van der Waals surface area contributed by atoms with Gasteiger partial charge in [0.2, 0.25) is 0 Å². The lowest BCUT2D eigenvalue weighted by atomic mass is 9.82. The van der Waals surface area contributed by atoms with Gasteiger partial charge in [0.05, 0.1) is 0 Å². The highest BCUT2D eigenvalue weighted by atomic mass is 16.1. The molecule has 0 unspecified atom stereocenters. The molecule has 0 heterocycles. The van der Waals surface area contributed by atoms with E-state index in [9.17, 15) is 4.79 Å². The Morgan fingerprint density at radius 1 is 0.500 bits per heavy atom. The Hall–Kier alpha value is -4.15. The van der Waals surface area contributed by atoms with E-state index in [2.05, 4.69) is 35.7 Å². The molecule has 30 heavy (non-hydrogen) atoms. The zero-order valence-corrected chi connectivity index (χ0v) is 16.3. The van der Waals surface area contributed by atoms with Crippen LogP contribution in [0.3, 0.4) is 0 Å². The molecule has 4 aromatic carbocycles. The molecule has 140 valence electrons. The molecule has 0 radical (unpaired) electrons. The van der Waals surface area contributed by atoms with E-state index in [1.54, 1.807) is 0 Å². The van der Waals surface area contributed by atoms with Gasteiger partial charge in [-0.25, -0.2) is 0 Å². The van der Waals surface area contributed by atoms with Crippen LogP contribution in [0.4, 0.5) is 0 Å². The molecule has 0 bridgehead atoms. The van der Waals surface area contributed by atoms with Gasteiger partial charge in [0.1, 0.15) is 0 Å². The molecule has 1 aliphatic rings. The van der Waals surface area contributed by atoms with E-state index in [0.717, 1.165) is 33.4 Å². The van der Waals surface area contributed by atoms with Crippen LogP contribution in [0.5, 0.6) is 0 Å². The van der Waals surface area contributed by atoms with E-state index >= 15 is 0 Å². The minimum atomic E-state index is 0.0575. The first-order chi connectivity index (χ1) is 14.8. The Labute approximate surface area is 176 Å². The van der Waals surface area contributed by atoms with Gasteiger partial charge in [-0.1, -0.05) is 121 Å². The maximum atomic E-state index is 13.0. The molecule has 0 N–H and O–H groups in total. The van der Waals surface area contributed by atoms with Crippen LogP contribution in [0.2, 0.25) is 0 Å². The lowest BCUT2D eigenvalue weighted by Gasteiger charge is -2.19. The van der Waals surface area contributed by atoms with Gasteiger partial charge in [-0.15, -0.1) is 0 Å². The van der Waals surface area contributed by atoms with Crippen LogP contribution in [0.1, 0.15) is 38.2 Å². The highest BCUT2D eigenvalue weighted by molar-refractivity contribution is 6.18. The summed E-state index contributed by atoms with van der Waals surface area (Å²) in [6.07, 6.45) is 0. The van der Waals surface area contributed by atoms with Crippen molar-refractivity contribution < 1.29 is 4.79 Å². The van der Waals surface area contributed by atoms with Crippen LogP contribution in [0.25, 0.3) is 11.1 Å². The van der Waals surface area contributed by atoms with Crippen molar-refractivity contribution in [3.63, 3.8) is 0 Å². The maximum Gasteiger partial charge on any atom is 0.194 e. The summed E-state index contributed by atoms with van der Waals surface area (Å²) in [7, 11) is 0. The van der Waals surface area contributed by atoms with Crippen LogP contribution in [-0.2, 0) is 0 Å². The van der Waals surface area contributed by atoms with Crippen molar-refractivity contribution in [3.8, 4) is 0 Å². The number of ketones is 1. The van der Waals surface area contributed by atoms with Crippen LogP contribution in [0, 0.1) is 0 Å². The van der Waals surface area contributed by atoms with E-state index in [-0.39, 0.29) is 5.78 Å². The second-order valence-corrected chi connectivity index (χ2v) is 7.15. The number of hydrogen-bond acceptors (Lipinski definition) is 1. The largest absolute Gasteiger partial charge is 0.289 e. The van der Waals surface area contributed by atoms with Crippen LogP contribution in [-0.4, -0.2) is 5.78 Å². The minimum Gasteiger partial charge on any atom is -0.289 e. The molecule has 0 saturated heterocycles. The zero-order valence-electron chi connectivity index (χ0n) is 16.3. The Balaban J connectivity index is 1.86. The van der Waals surface area contributed by atoms with Crippen molar-refractivity contribution in [1.29, 1.82) is 0 Å². The standard InChI is InChI=1S/C29H18O/c30-29-27-17-9-7-15-24(27)26(25-16-8-10-18-28(25)29)20-19-23(21-11-3-1-4-12-21)22-13-5-2-6-14-22/h1-18H. The van der Waals surface area contributed by atoms with Crippen molar-refractivity contribution in [2.45, 2.75) is 0 Å². The lowest BCUT2D eigenvalue weighted by molar-refractivity contribution is 0.103. The summed E-state index contributed by atoms with van der Waals surface area (Å²) < 4.78 is 0. The normalized spacial score (nSPS) is 11.7. The SMILES string of the molecule is O=C1c2ccccc2C(=C=C=C(c2ccccc2)c2ccccc2)c2ccccc21. The predicted molar refractivity (Wildman–Crippen MR) is 121 cm³/mol. The minimum absolute atomic E-state index is 0.0575. The first-order valence-electron chi connectivity index (χ1n) is 9.93. The molecule has 1 aliphatic carbocycles. The summed E-state index contributed by atoms with van der Waals surface area (Å²) >= 11 is 0. The fourth-order valence-electron chi connectivity index (χ4n) is 3.87. The summed E-state index contributed by atoms with van der Waals surface area (Å²) in [5.41, 5.74) is 14.1. The fraction of sp³-hybridized carbons (Fsp3) is 0. The summed E-state index contributed by atoms with van der Waals surface area (Å²) in [5, 5.41) is 0. The molecule has 0 atom stereocenters. The number of carbonyl (C=O) groups excluding carboxylic acids is 1. The summed E-state index contributed by atoms with van der Waals surface area (Å²) in [6, 6.07) is 35.9. The highest BCUT2D eigenvalue weighted by Gasteiger charge is 2.26. The number of carbonyl (C=O) groups is 1. The third-order valence-electron chi connectivity index (χ3n) is 5.32. The number of rotatable bonds is 2. The van der Waals surface area contributed by atoms with Gasteiger partial charge in [-0.3, -0.25) is 4.79 Å². The van der Waals surface area contributed by atoms with Gasteiger partial charge in [0.25, 0.3) is 0 Å². The van der Waals surface area contributed by atoms with Crippen LogP contribution < -0.4 is 0 Å². The first-order valence-corrected chi connectivity index (χ1v) is 9.93. The average Bonchev–Trinajstić information content (AvgIpc) is 2.82. The van der Waals surface area contributed by atoms with Gasteiger partial charge in [-0.05, 0) is 11.1 Å². The third kappa shape index (κ3) is 3.15. The maximum absolute atomic E-state index is 13.0. The molecule has 1 heteroatoms. The summed E-state index contributed by atoms with van der Waals surface area (Å²) in [5.74, 6) is 0.0575. The molecule has 0 aliphatic heterocycles. The van der Waals surface area contributed by atoms with Crippen LogP contribution >= 0.6 is 0 Å². The molecule has 0 spiro atoms. The Kier molecular flexibility index (Phi) is 4.60. The first kappa shape index (κ1) is 17.9. The van der Waals surface area contributed by atoms with Gasteiger partial charge < -0.3 is 0 Å². The second kappa shape index (κ2) is 7.70. The molecule has 5 rings (SSSR count). The quantitative estimate of drug-likeness (QED) is 0.316. The van der Waals surface area contributed by atoms with Crippen molar-refractivity contribution in [2.75, 3.05) is 0 Å². The predicted octanol–water partition coefficient (Wildman–Crippen LogP) is 6.55. The molecule has 4 aromatic rings. The summed E-state index contributed by atoms with van der Waals surface area (Å²) in [6.45, 7) is 0. The van der Waals surface area contributed by atoms with Crippen molar-refractivity contribution in [2.24, 2.45) is 0 Å². The van der Waals surface area contributed by atoms with Crippen molar-refractivity contribution >= 4 is 16.9 Å². The number of hydrogen-bond donors (Lipinski definition) is 0. The number of fused-ring (bicyclic) bond motifs is 2. The molecule has 0 fully saturated rings. The zero-order chi connectivity index (χ0) is 20.3. The Morgan fingerprint density at radius 3 is 1.37 bits per heavy atom. The molecular weight excluding hydrogens is 364 g/mol. The fourth-order valence-corrected chi connectivity index (χ4v) is 3.87. The summed E-state index contributed by atoms with van der Waals surface area (Å²) in [4.78, 5) is 13.0. The molecule has 0 aromatic heterocycles. The second-order valence-electron chi connectivity index (χ2n) is 7.15. The van der Waals surface area contributed by atoms with Crippen molar-refractivity contribution in [1.82, 2.24) is 0 Å². The topological polar surface area (TPSA) is 17.1 Å². The molecule has 0 saturated carbocycles. The number of benzene rings is 4. The third-order valence-corrected chi connectivity index (χ3v) is 5.32. The van der Waals surface area contributed by atoms with E-state index in [1.165, 1.54) is 0 Å². The molecular formula is C29H18O. The average molecular weight is 382 g/mol. The molecule has 1 nitrogen and oxygen atoms in total. The lowest BCUT2D eigenvalue weighted by Crippen LogP contribution is -2.13. The highest BCUT2D eigenvalue weighted by Crippen LogP contribution is 2.35. The Morgan fingerprint density at radius 2 is 0.900 bits per heavy atom. The monoisotopic (exact) mass is 382 g/mol.